The van der Waals surface area contributed by atoms with Gasteiger partial charge in [0.25, 0.3) is 0 Å². The van der Waals surface area contributed by atoms with Crippen LogP contribution in [0.2, 0.25) is 0 Å². The molecular formula is C35H38O2. The minimum absolute atomic E-state index is 0.213. The summed E-state index contributed by atoms with van der Waals surface area (Å²) in [6, 6.07) is 19.1. The summed E-state index contributed by atoms with van der Waals surface area (Å²) in [7, 11) is 0. The Morgan fingerprint density at radius 2 is 1.70 bits per heavy atom. The number of hydrogen-bond acceptors (Lipinski definition) is 2. The van der Waals surface area contributed by atoms with E-state index in [-0.39, 0.29) is 16.7 Å². The van der Waals surface area contributed by atoms with Gasteiger partial charge in [0.2, 0.25) is 0 Å². The Morgan fingerprint density at radius 3 is 2.51 bits per heavy atom. The van der Waals surface area contributed by atoms with E-state index in [1.54, 1.807) is 5.57 Å². The van der Waals surface area contributed by atoms with Gasteiger partial charge in [-0.3, -0.25) is 4.79 Å². The van der Waals surface area contributed by atoms with E-state index >= 15 is 0 Å². The fourth-order valence-corrected chi connectivity index (χ4v) is 9.35. The fraction of sp³-hybridized carbons (Fsp3) is 0.457. The van der Waals surface area contributed by atoms with E-state index in [9.17, 15) is 4.79 Å². The van der Waals surface area contributed by atoms with Crippen molar-refractivity contribution in [3.05, 3.63) is 77.9 Å². The second kappa shape index (κ2) is 8.32. The molecular weight excluding hydrogens is 452 g/mol. The number of furan rings is 1. The summed E-state index contributed by atoms with van der Waals surface area (Å²) in [5.41, 5.74) is 6.81. The first-order valence-electron chi connectivity index (χ1n) is 14.4. The summed E-state index contributed by atoms with van der Waals surface area (Å²) in [6.07, 6.45) is 13.4. The predicted octanol–water partition coefficient (Wildman–Crippen LogP) is 9.26. The van der Waals surface area contributed by atoms with E-state index in [1.807, 2.05) is 6.92 Å². The zero-order chi connectivity index (χ0) is 25.4. The molecule has 0 amide bonds. The number of carbonyl (C=O) groups excluding carboxylic acids is 1. The molecule has 2 aromatic carbocycles. The van der Waals surface area contributed by atoms with Crippen LogP contribution in [0.25, 0.3) is 27.9 Å². The van der Waals surface area contributed by atoms with Gasteiger partial charge in [0, 0.05) is 22.4 Å². The van der Waals surface area contributed by atoms with Crippen LogP contribution in [0.15, 0.2) is 76.7 Å². The maximum absolute atomic E-state index is 12.5. The van der Waals surface area contributed by atoms with Gasteiger partial charge in [0.1, 0.15) is 17.1 Å². The number of benzene rings is 2. The first kappa shape index (κ1) is 23.3. The number of allylic oxidation sites excluding steroid dienone is 4. The zero-order valence-electron chi connectivity index (χ0n) is 22.4. The van der Waals surface area contributed by atoms with Crippen LogP contribution >= 0.6 is 0 Å². The molecule has 37 heavy (non-hydrogen) atoms. The SMILES string of the molecule is CC(=O)[C@H]1CC[C@H]2[C@@H]3CC=C4C=C(c5c(-c6ccccc6)oc6ccccc56)CC[C@]4(C)[C@H]3CC[C@]12C. The lowest BCUT2D eigenvalue weighted by Crippen LogP contribution is -2.49. The van der Waals surface area contributed by atoms with E-state index in [1.165, 1.54) is 48.6 Å². The Hall–Kier alpha value is -2.87. The molecule has 2 fully saturated rings. The summed E-state index contributed by atoms with van der Waals surface area (Å²) >= 11 is 0. The van der Waals surface area contributed by atoms with Gasteiger partial charge in [0.15, 0.2) is 0 Å². The summed E-state index contributed by atoms with van der Waals surface area (Å²) in [5, 5.41) is 1.22. The molecule has 4 aliphatic rings. The monoisotopic (exact) mass is 490 g/mol. The van der Waals surface area contributed by atoms with Gasteiger partial charge in [0.05, 0.1) is 0 Å². The van der Waals surface area contributed by atoms with Crippen LogP contribution < -0.4 is 0 Å². The first-order valence-corrected chi connectivity index (χ1v) is 14.4. The molecule has 4 aliphatic carbocycles. The highest BCUT2D eigenvalue weighted by atomic mass is 16.3. The van der Waals surface area contributed by atoms with Gasteiger partial charge >= 0.3 is 0 Å². The summed E-state index contributed by atoms with van der Waals surface area (Å²) in [5.74, 6) is 3.85. The Labute approximate surface area is 220 Å². The highest BCUT2D eigenvalue weighted by molar-refractivity contribution is 5.98. The maximum Gasteiger partial charge on any atom is 0.142 e. The van der Waals surface area contributed by atoms with Crippen molar-refractivity contribution in [1.29, 1.82) is 0 Å². The first-order chi connectivity index (χ1) is 17.9. The van der Waals surface area contributed by atoms with E-state index in [0.29, 0.717) is 11.7 Å². The lowest BCUT2D eigenvalue weighted by atomic mass is 9.47. The van der Waals surface area contributed by atoms with Crippen LogP contribution in [0, 0.1) is 34.5 Å². The van der Waals surface area contributed by atoms with Crippen molar-refractivity contribution in [2.45, 2.75) is 65.7 Å². The molecule has 190 valence electrons. The van der Waals surface area contributed by atoms with Crippen molar-refractivity contribution in [3.63, 3.8) is 0 Å². The van der Waals surface area contributed by atoms with Gasteiger partial charge in [-0.2, -0.15) is 0 Å². The van der Waals surface area contributed by atoms with Crippen molar-refractivity contribution < 1.29 is 9.21 Å². The van der Waals surface area contributed by atoms with Crippen LogP contribution in [0.4, 0.5) is 0 Å². The maximum atomic E-state index is 12.5. The number of fused-ring (bicyclic) bond motifs is 6. The Kier molecular flexibility index (Phi) is 5.23. The van der Waals surface area contributed by atoms with E-state index in [2.05, 4.69) is 80.6 Å². The third kappa shape index (κ3) is 3.33. The summed E-state index contributed by atoms with van der Waals surface area (Å²) in [6.45, 7) is 6.83. The molecule has 7 rings (SSSR count). The van der Waals surface area contributed by atoms with Crippen molar-refractivity contribution in [2.24, 2.45) is 34.5 Å². The van der Waals surface area contributed by atoms with Gasteiger partial charge in [-0.05, 0) is 97.7 Å². The average Bonchev–Trinajstić information content (AvgIpc) is 3.47. The molecule has 0 spiro atoms. The molecule has 0 saturated heterocycles. The molecule has 3 aromatic rings. The Bertz CT molecular complexity index is 1440. The molecule has 6 atom stereocenters. The normalized spacial score (nSPS) is 34.8. The molecule has 2 saturated carbocycles. The van der Waals surface area contributed by atoms with Gasteiger partial charge in [-0.25, -0.2) is 0 Å². The quantitative estimate of drug-likeness (QED) is 0.366. The number of para-hydroxylation sites is 1. The number of carbonyl (C=O) groups is 1. The molecule has 1 heterocycles. The molecule has 1 aromatic heterocycles. The van der Waals surface area contributed by atoms with Gasteiger partial charge < -0.3 is 4.42 Å². The topological polar surface area (TPSA) is 30.2 Å². The minimum atomic E-state index is 0.213. The van der Waals surface area contributed by atoms with Gasteiger partial charge in [-0.15, -0.1) is 0 Å². The molecule has 0 N–H and O–H groups in total. The molecule has 0 aliphatic heterocycles. The number of ketones is 1. The van der Waals surface area contributed by atoms with Gasteiger partial charge in [-0.1, -0.05) is 74.5 Å². The highest BCUT2D eigenvalue weighted by Gasteiger charge is 2.59. The molecule has 0 unspecified atom stereocenters. The average molecular weight is 491 g/mol. The second-order valence-corrected chi connectivity index (χ2v) is 12.8. The zero-order valence-corrected chi connectivity index (χ0v) is 22.4. The number of hydrogen-bond donors (Lipinski definition) is 0. The molecule has 0 radical (unpaired) electrons. The highest BCUT2D eigenvalue weighted by Crippen LogP contribution is 2.66. The molecule has 2 nitrogen and oxygen atoms in total. The van der Waals surface area contributed by atoms with Crippen LogP contribution in [-0.2, 0) is 4.79 Å². The van der Waals surface area contributed by atoms with E-state index in [0.717, 1.165) is 41.6 Å². The summed E-state index contributed by atoms with van der Waals surface area (Å²) in [4.78, 5) is 12.5. The van der Waals surface area contributed by atoms with Crippen LogP contribution in [0.5, 0.6) is 0 Å². The Balaban J connectivity index is 1.29. The minimum Gasteiger partial charge on any atom is -0.455 e. The molecule has 2 heteroatoms. The fourth-order valence-electron chi connectivity index (χ4n) is 9.35. The van der Waals surface area contributed by atoms with E-state index in [4.69, 9.17) is 4.42 Å². The predicted molar refractivity (Wildman–Crippen MR) is 151 cm³/mol. The lowest BCUT2D eigenvalue weighted by Gasteiger charge is -2.57. The lowest BCUT2D eigenvalue weighted by molar-refractivity contribution is -0.127. The Morgan fingerprint density at radius 1 is 0.919 bits per heavy atom. The number of Topliss-reactive ketones (excluding diaryl/α,β-unsaturated/α-hetero) is 1. The van der Waals surface area contributed by atoms with Crippen molar-refractivity contribution in [2.75, 3.05) is 0 Å². The van der Waals surface area contributed by atoms with Crippen molar-refractivity contribution >= 4 is 22.3 Å². The van der Waals surface area contributed by atoms with Crippen LogP contribution in [-0.4, -0.2) is 5.78 Å². The van der Waals surface area contributed by atoms with E-state index < -0.39 is 0 Å². The molecule has 0 bridgehead atoms. The standard InChI is InChI=1S/C35H38O2/c1-22(36)28-15-16-29-26-14-13-25-21-24(17-19-34(25,2)30(26)18-20-35(28,29)3)32-27-11-7-8-12-31(27)37-33(32)23-9-5-4-6-10-23/h4-13,21,26,28-30H,14-20H2,1-3H3/t26-,28+,29-,30-,34-,35+/m0/s1. The van der Waals surface area contributed by atoms with Crippen molar-refractivity contribution in [1.82, 2.24) is 0 Å². The third-order valence-electron chi connectivity index (χ3n) is 11.2. The summed E-state index contributed by atoms with van der Waals surface area (Å²) < 4.78 is 6.49. The number of rotatable bonds is 3. The van der Waals surface area contributed by atoms with Crippen molar-refractivity contribution in [3.8, 4) is 11.3 Å². The second-order valence-electron chi connectivity index (χ2n) is 12.8. The smallest absolute Gasteiger partial charge is 0.142 e. The largest absolute Gasteiger partial charge is 0.455 e. The van der Waals surface area contributed by atoms with Crippen LogP contribution in [0.3, 0.4) is 0 Å². The van der Waals surface area contributed by atoms with Crippen LogP contribution in [0.1, 0.15) is 71.3 Å². The third-order valence-corrected chi connectivity index (χ3v) is 11.2.